The smallest absolute Gasteiger partial charge is 0.323 e. The van der Waals surface area contributed by atoms with E-state index in [4.69, 9.17) is 0 Å². The average molecular weight is 332 g/mol. The third-order valence-electron chi connectivity index (χ3n) is 4.38. The van der Waals surface area contributed by atoms with E-state index in [-0.39, 0.29) is 16.6 Å². The minimum absolute atomic E-state index is 0.187. The summed E-state index contributed by atoms with van der Waals surface area (Å²) < 4.78 is 29.6. The molecule has 1 aromatic carbocycles. The molecule has 8 heteroatoms. The molecule has 0 unspecified atom stereocenters. The molecule has 120 valence electrons. The highest BCUT2D eigenvalue weighted by Gasteiger charge is 2.34. The summed E-state index contributed by atoms with van der Waals surface area (Å²) in [6.07, 6.45) is 1.96. The first-order chi connectivity index (χ1) is 11.0. The second kappa shape index (κ2) is 4.84. The first-order valence-electron chi connectivity index (χ1n) is 7.36. The molecule has 0 radical (unpaired) electrons. The van der Waals surface area contributed by atoms with Gasteiger partial charge in [-0.25, -0.2) is 13.2 Å². The van der Waals surface area contributed by atoms with E-state index in [0.29, 0.717) is 24.1 Å². The zero-order valence-electron chi connectivity index (χ0n) is 12.5. The molecule has 3 aromatic rings. The summed E-state index contributed by atoms with van der Waals surface area (Å²) in [5.41, 5.74) is 1.72. The number of sulfonamides is 1. The fraction of sp³-hybridized carbons (Fsp3) is 0.267. The maximum Gasteiger partial charge on any atom is 0.323 e. The number of imidazole rings is 1. The predicted molar refractivity (Wildman–Crippen MR) is 85.7 cm³/mol. The molecule has 1 aliphatic heterocycles. The largest absolute Gasteiger partial charge is 0.349 e. The summed E-state index contributed by atoms with van der Waals surface area (Å²) in [4.78, 5) is 16.7. The lowest BCUT2D eigenvalue weighted by Gasteiger charge is -2.33. The summed E-state index contributed by atoms with van der Waals surface area (Å²) in [6, 6.07) is 8.28. The van der Waals surface area contributed by atoms with Crippen molar-refractivity contribution in [3.8, 4) is 0 Å². The molecule has 1 atom stereocenters. The van der Waals surface area contributed by atoms with E-state index in [9.17, 15) is 13.2 Å². The van der Waals surface area contributed by atoms with Gasteiger partial charge in [-0.3, -0.25) is 0 Å². The van der Waals surface area contributed by atoms with Gasteiger partial charge in [-0.15, -0.1) is 0 Å². The molecule has 0 aliphatic carbocycles. The molecule has 2 N–H and O–H groups in total. The summed E-state index contributed by atoms with van der Waals surface area (Å²) in [6.45, 7) is 2.95. The molecule has 0 spiro atoms. The van der Waals surface area contributed by atoms with Gasteiger partial charge in [0.1, 0.15) is 0 Å². The van der Waals surface area contributed by atoms with Crippen molar-refractivity contribution in [2.45, 2.75) is 24.4 Å². The fourth-order valence-corrected chi connectivity index (χ4v) is 4.82. The van der Waals surface area contributed by atoms with Gasteiger partial charge in [-0.1, -0.05) is 0 Å². The van der Waals surface area contributed by atoms with Crippen molar-refractivity contribution in [2.75, 3.05) is 6.54 Å². The van der Waals surface area contributed by atoms with Crippen molar-refractivity contribution >= 4 is 21.1 Å². The Morgan fingerprint density at radius 2 is 1.91 bits per heavy atom. The van der Waals surface area contributed by atoms with Crippen LogP contribution in [0.2, 0.25) is 0 Å². The van der Waals surface area contributed by atoms with Crippen LogP contribution in [-0.4, -0.2) is 33.8 Å². The molecule has 4 rings (SSSR count). The predicted octanol–water partition coefficient (Wildman–Crippen LogP) is 1.42. The van der Waals surface area contributed by atoms with Crippen LogP contribution in [-0.2, 0) is 16.6 Å². The lowest BCUT2D eigenvalue weighted by molar-refractivity contribution is 0.282. The maximum atomic E-state index is 13.0. The maximum absolute atomic E-state index is 13.0. The van der Waals surface area contributed by atoms with Crippen LogP contribution in [0, 0.1) is 0 Å². The molecule has 23 heavy (non-hydrogen) atoms. The number of nitrogens with one attached hydrogen (secondary N) is 2. The van der Waals surface area contributed by atoms with Gasteiger partial charge in [0, 0.05) is 25.0 Å². The van der Waals surface area contributed by atoms with E-state index in [2.05, 4.69) is 14.5 Å². The van der Waals surface area contributed by atoms with Crippen LogP contribution in [0.3, 0.4) is 0 Å². The van der Waals surface area contributed by atoms with Crippen molar-refractivity contribution < 1.29 is 8.42 Å². The normalized spacial score (nSPS) is 19.1. The number of aromatic amines is 2. The number of nitrogens with zero attached hydrogens (tertiary/aromatic N) is 2. The average Bonchev–Trinajstić information content (AvgIpc) is 3.11. The van der Waals surface area contributed by atoms with E-state index in [1.54, 1.807) is 6.07 Å². The highest BCUT2D eigenvalue weighted by atomic mass is 32.2. The molecular weight excluding hydrogens is 316 g/mol. The summed E-state index contributed by atoms with van der Waals surface area (Å²) in [5, 5.41) is 0. The van der Waals surface area contributed by atoms with Crippen LogP contribution < -0.4 is 5.69 Å². The van der Waals surface area contributed by atoms with Crippen molar-refractivity contribution in [3.63, 3.8) is 0 Å². The fourth-order valence-electron chi connectivity index (χ4n) is 3.19. The van der Waals surface area contributed by atoms with Gasteiger partial charge in [0.15, 0.2) is 0 Å². The number of H-pyrrole nitrogens is 2. The van der Waals surface area contributed by atoms with E-state index < -0.39 is 10.0 Å². The second-order valence-corrected chi connectivity index (χ2v) is 7.60. The Bertz CT molecular complexity index is 1040. The van der Waals surface area contributed by atoms with Crippen LogP contribution in [0.15, 0.2) is 46.2 Å². The Morgan fingerprint density at radius 1 is 1.13 bits per heavy atom. The van der Waals surface area contributed by atoms with Crippen molar-refractivity contribution in [3.05, 3.63) is 52.7 Å². The van der Waals surface area contributed by atoms with Crippen LogP contribution in [0.25, 0.3) is 11.0 Å². The number of hydrogen-bond donors (Lipinski definition) is 2. The van der Waals surface area contributed by atoms with Crippen LogP contribution in [0.4, 0.5) is 0 Å². The van der Waals surface area contributed by atoms with Gasteiger partial charge in [0.25, 0.3) is 0 Å². The van der Waals surface area contributed by atoms with Gasteiger partial charge in [0.05, 0.1) is 22.0 Å². The summed E-state index contributed by atoms with van der Waals surface area (Å²) in [5.74, 6) is 0. The monoisotopic (exact) mass is 332 g/mol. The molecule has 0 saturated heterocycles. The zero-order valence-corrected chi connectivity index (χ0v) is 13.3. The van der Waals surface area contributed by atoms with Crippen LogP contribution in [0.5, 0.6) is 0 Å². The third kappa shape index (κ3) is 2.13. The molecule has 7 nitrogen and oxygen atoms in total. The van der Waals surface area contributed by atoms with Crippen LogP contribution in [0.1, 0.15) is 18.7 Å². The van der Waals surface area contributed by atoms with Gasteiger partial charge < -0.3 is 14.5 Å². The number of benzene rings is 1. The third-order valence-corrected chi connectivity index (χ3v) is 6.35. The quantitative estimate of drug-likeness (QED) is 0.743. The first-order valence-corrected chi connectivity index (χ1v) is 8.80. The Balaban J connectivity index is 1.78. The first kappa shape index (κ1) is 14.3. The molecule has 1 aliphatic rings. The lowest BCUT2D eigenvalue weighted by Crippen LogP contribution is -2.40. The molecule has 0 saturated carbocycles. The Morgan fingerprint density at radius 3 is 2.74 bits per heavy atom. The standard InChI is InChI=1S/C15H16N4O3S/c1-10-14-3-2-6-18(14)7-8-19(10)23(21,22)11-4-5-12-13(9-11)17-15(20)16-12/h2-6,9-10H,7-8H2,1H3,(H2,16,17,20)/t10-/m1/s1. The molecule has 0 bridgehead atoms. The number of rotatable bonds is 2. The van der Waals surface area contributed by atoms with E-state index >= 15 is 0 Å². The lowest BCUT2D eigenvalue weighted by atomic mass is 10.2. The van der Waals surface area contributed by atoms with Crippen LogP contribution >= 0.6 is 0 Å². The molecule has 0 fully saturated rings. The van der Waals surface area contributed by atoms with E-state index in [1.807, 2.05) is 25.3 Å². The van der Waals surface area contributed by atoms with Gasteiger partial charge in [-0.05, 0) is 37.3 Å². The second-order valence-electron chi connectivity index (χ2n) is 5.70. The topological polar surface area (TPSA) is 91.0 Å². The number of aromatic nitrogens is 3. The Labute approximate surface area is 132 Å². The zero-order chi connectivity index (χ0) is 16.2. The van der Waals surface area contributed by atoms with Gasteiger partial charge in [-0.2, -0.15) is 4.31 Å². The summed E-state index contributed by atoms with van der Waals surface area (Å²) >= 11 is 0. The van der Waals surface area contributed by atoms with E-state index in [0.717, 1.165) is 5.69 Å². The Hall–Kier alpha value is -2.32. The SMILES string of the molecule is C[C@@H]1c2cccn2CCN1S(=O)(=O)c1ccc2[nH]c(=O)[nH]c2c1. The van der Waals surface area contributed by atoms with E-state index in [1.165, 1.54) is 16.4 Å². The summed E-state index contributed by atoms with van der Waals surface area (Å²) in [7, 11) is -3.63. The highest BCUT2D eigenvalue weighted by molar-refractivity contribution is 7.89. The minimum Gasteiger partial charge on any atom is -0.349 e. The number of hydrogen-bond acceptors (Lipinski definition) is 3. The van der Waals surface area contributed by atoms with Gasteiger partial charge in [0.2, 0.25) is 10.0 Å². The number of fused-ring (bicyclic) bond motifs is 2. The molecule has 2 aromatic heterocycles. The Kier molecular flexibility index (Phi) is 3.00. The molecule has 0 amide bonds. The minimum atomic E-state index is -3.63. The van der Waals surface area contributed by atoms with Crippen molar-refractivity contribution in [1.29, 1.82) is 0 Å². The molecular formula is C15H16N4O3S. The highest BCUT2D eigenvalue weighted by Crippen LogP contribution is 2.31. The molecule has 3 heterocycles. The van der Waals surface area contributed by atoms with Crippen molar-refractivity contribution in [1.82, 2.24) is 18.8 Å². The van der Waals surface area contributed by atoms with Crippen molar-refractivity contribution in [2.24, 2.45) is 0 Å². The van der Waals surface area contributed by atoms with Gasteiger partial charge >= 0.3 is 5.69 Å².